The number of rotatable bonds is 4. The van der Waals surface area contributed by atoms with Gasteiger partial charge in [0.05, 0.1) is 5.69 Å². The molecule has 0 radical (unpaired) electrons. The third kappa shape index (κ3) is 3.35. The predicted octanol–water partition coefficient (Wildman–Crippen LogP) is 5.89. The third-order valence-corrected chi connectivity index (χ3v) is 5.57. The summed E-state index contributed by atoms with van der Waals surface area (Å²) >= 11 is 6.09. The van der Waals surface area contributed by atoms with Crippen LogP contribution in [-0.2, 0) is 4.79 Å². The maximum Gasteiger partial charge on any atom is 0.198 e. The maximum absolute atomic E-state index is 13.6. The number of benzene rings is 3. The molecule has 7 heteroatoms. The Morgan fingerprint density at radius 1 is 1.00 bits per heavy atom. The summed E-state index contributed by atoms with van der Waals surface area (Å²) in [6.07, 6.45) is 1.47. The van der Waals surface area contributed by atoms with Gasteiger partial charge in [-0.3, -0.25) is 9.69 Å². The highest BCUT2D eigenvalue weighted by Crippen LogP contribution is 2.41. The fourth-order valence-corrected chi connectivity index (χ4v) is 4.03. The molecule has 1 unspecified atom stereocenters. The van der Waals surface area contributed by atoms with Crippen molar-refractivity contribution in [3.8, 4) is 0 Å². The van der Waals surface area contributed by atoms with Crippen molar-refractivity contribution in [1.82, 2.24) is 4.98 Å². The first kappa shape index (κ1) is 19.3. The molecule has 1 aliphatic heterocycles. The Morgan fingerprint density at radius 3 is 2.39 bits per heavy atom. The van der Waals surface area contributed by atoms with E-state index in [2.05, 4.69) is 10.1 Å². The molecule has 0 aliphatic carbocycles. The van der Waals surface area contributed by atoms with Gasteiger partial charge in [-0.25, -0.2) is 9.40 Å². The van der Waals surface area contributed by atoms with Gasteiger partial charge >= 0.3 is 0 Å². The van der Waals surface area contributed by atoms with E-state index in [1.807, 2.05) is 47.5 Å². The van der Waals surface area contributed by atoms with Gasteiger partial charge in [0.25, 0.3) is 0 Å². The largest absolute Gasteiger partial charge is 0.361 e. The summed E-state index contributed by atoms with van der Waals surface area (Å²) in [5, 5.41) is 8.11. The summed E-state index contributed by atoms with van der Waals surface area (Å²) in [7, 11) is 0. The second-order valence-corrected chi connectivity index (χ2v) is 7.75. The maximum atomic E-state index is 13.6. The molecule has 3 aromatic carbocycles. The van der Waals surface area contributed by atoms with Crippen molar-refractivity contribution >= 4 is 45.5 Å². The Morgan fingerprint density at radius 2 is 1.68 bits per heavy atom. The summed E-state index contributed by atoms with van der Waals surface area (Å²) in [5.74, 6) is -0.259. The number of amidine groups is 1. The third-order valence-electron chi connectivity index (χ3n) is 5.32. The van der Waals surface area contributed by atoms with Crippen molar-refractivity contribution in [2.45, 2.75) is 13.1 Å². The molecule has 2 heterocycles. The summed E-state index contributed by atoms with van der Waals surface area (Å²) in [6.45, 7) is 1.48. The molecule has 0 fully saturated rings. The first-order chi connectivity index (χ1) is 15.0. The van der Waals surface area contributed by atoms with Crippen LogP contribution in [0.5, 0.6) is 0 Å². The van der Waals surface area contributed by atoms with Crippen LogP contribution in [0.4, 0.5) is 15.8 Å². The SMILES string of the molecule is CC(=O)C1=NN(c2ccc(Cl)cc2)C(c2c[nH]c3ccccc23)N1c1ccc(F)cc1. The van der Waals surface area contributed by atoms with Crippen molar-refractivity contribution in [1.29, 1.82) is 0 Å². The highest BCUT2D eigenvalue weighted by Gasteiger charge is 2.40. The number of halogens is 2. The molecular formula is C24H18ClFN4O. The molecule has 1 atom stereocenters. The lowest BCUT2D eigenvalue weighted by Crippen LogP contribution is -2.37. The number of aromatic amines is 1. The summed E-state index contributed by atoms with van der Waals surface area (Å²) in [5.41, 5.74) is 3.36. The van der Waals surface area contributed by atoms with Gasteiger partial charge in [0.15, 0.2) is 17.8 Å². The number of nitrogens with one attached hydrogen (secondary N) is 1. The molecule has 0 saturated carbocycles. The minimum absolute atomic E-state index is 0.189. The van der Waals surface area contributed by atoms with Crippen molar-refractivity contribution < 1.29 is 9.18 Å². The van der Waals surface area contributed by atoms with Crippen LogP contribution >= 0.6 is 11.6 Å². The molecule has 4 aromatic rings. The molecule has 1 N–H and O–H groups in total. The summed E-state index contributed by atoms with van der Waals surface area (Å²) in [4.78, 5) is 17.7. The topological polar surface area (TPSA) is 51.7 Å². The van der Waals surface area contributed by atoms with E-state index in [9.17, 15) is 9.18 Å². The van der Waals surface area contributed by atoms with Crippen LogP contribution in [0.2, 0.25) is 5.02 Å². The molecule has 5 rings (SSSR count). The Kier molecular flexibility index (Phi) is 4.71. The monoisotopic (exact) mass is 432 g/mol. The van der Waals surface area contributed by atoms with E-state index < -0.39 is 6.17 Å². The lowest BCUT2D eigenvalue weighted by atomic mass is 10.1. The number of hydrogen-bond donors (Lipinski definition) is 1. The van der Waals surface area contributed by atoms with Crippen LogP contribution in [-0.4, -0.2) is 16.6 Å². The number of nitrogens with zero attached hydrogens (tertiary/aromatic N) is 3. The van der Waals surface area contributed by atoms with Gasteiger partial charge in [-0.2, -0.15) is 0 Å². The second kappa shape index (κ2) is 7.56. The van der Waals surface area contributed by atoms with Crippen molar-refractivity contribution in [3.63, 3.8) is 0 Å². The molecule has 0 saturated heterocycles. The molecule has 5 nitrogen and oxygen atoms in total. The van der Waals surface area contributed by atoms with Gasteiger partial charge in [0, 0.05) is 40.3 Å². The van der Waals surface area contributed by atoms with E-state index in [0.717, 1.165) is 22.2 Å². The van der Waals surface area contributed by atoms with Crippen LogP contribution in [0.1, 0.15) is 18.7 Å². The minimum Gasteiger partial charge on any atom is -0.361 e. The number of aromatic nitrogens is 1. The fraction of sp³-hybridized carbons (Fsp3) is 0.0833. The van der Waals surface area contributed by atoms with Gasteiger partial charge in [-0.1, -0.05) is 29.8 Å². The smallest absolute Gasteiger partial charge is 0.198 e. The number of fused-ring (bicyclic) bond motifs is 1. The lowest BCUT2D eigenvalue weighted by molar-refractivity contribution is -0.111. The Bertz CT molecular complexity index is 1300. The molecular weight excluding hydrogens is 415 g/mol. The van der Waals surface area contributed by atoms with E-state index in [4.69, 9.17) is 11.6 Å². The molecule has 0 amide bonds. The fourth-order valence-electron chi connectivity index (χ4n) is 3.91. The molecule has 31 heavy (non-hydrogen) atoms. The zero-order valence-corrected chi connectivity index (χ0v) is 17.3. The van der Waals surface area contributed by atoms with Crippen LogP contribution < -0.4 is 9.91 Å². The molecule has 1 aliphatic rings. The second-order valence-electron chi connectivity index (χ2n) is 7.31. The Balaban J connectivity index is 1.73. The summed E-state index contributed by atoms with van der Waals surface area (Å²) < 4.78 is 13.6. The van der Waals surface area contributed by atoms with Crippen LogP contribution in [0, 0.1) is 5.82 Å². The van der Waals surface area contributed by atoms with E-state index in [-0.39, 0.29) is 17.4 Å². The number of H-pyrrole nitrogens is 1. The van der Waals surface area contributed by atoms with E-state index in [1.54, 1.807) is 29.3 Å². The van der Waals surface area contributed by atoms with Crippen molar-refractivity contribution in [2.24, 2.45) is 5.10 Å². The number of hydrogen-bond acceptors (Lipinski definition) is 4. The number of carbonyl (C=O) groups excluding carboxylic acids is 1. The highest BCUT2D eigenvalue weighted by molar-refractivity contribution is 6.44. The van der Waals surface area contributed by atoms with E-state index in [1.165, 1.54) is 19.1 Å². The number of ketones is 1. The molecule has 0 spiro atoms. The quantitative estimate of drug-likeness (QED) is 0.437. The Labute approximate surface area is 183 Å². The zero-order chi connectivity index (χ0) is 21.5. The summed E-state index contributed by atoms with van der Waals surface area (Å²) in [6, 6.07) is 21.3. The lowest BCUT2D eigenvalue weighted by Gasteiger charge is -2.31. The molecule has 1 aromatic heterocycles. The average molecular weight is 433 g/mol. The Hall–Kier alpha value is -3.64. The van der Waals surface area contributed by atoms with E-state index >= 15 is 0 Å². The van der Waals surface area contributed by atoms with Gasteiger partial charge in [-0.15, -0.1) is 5.10 Å². The van der Waals surface area contributed by atoms with Gasteiger partial charge in [0.2, 0.25) is 0 Å². The van der Waals surface area contributed by atoms with Gasteiger partial charge < -0.3 is 4.98 Å². The minimum atomic E-state index is -0.457. The highest BCUT2D eigenvalue weighted by atomic mass is 35.5. The standard InChI is InChI=1S/C24H18ClFN4O/c1-15(31)23-28-30(19-10-6-16(25)7-11-19)24(29(23)18-12-8-17(26)9-13-18)21-14-27-22-5-3-2-4-20(21)22/h2-14,24,27H,1H3. The average Bonchev–Trinajstić information content (AvgIpc) is 3.36. The number of Topliss-reactive ketones (excluding diaryl/α,β-unsaturated/α-hetero) is 1. The molecule has 0 bridgehead atoms. The number of para-hydroxylation sites is 1. The van der Waals surface area contributed by atoms with Crippen molar-refractivity contribution in [3.05, 3.63) is 95.4 Å². The van der Waals surface area contributed by atoms with E-state index in [0.29, 0.717) is 10.7 Å². The number of carbonyl (C=O) groups is 1. The zero-order valence-electron chi connectivity index (χ0n) is 16.6. The number of hydrazone groups is 1. The molecule has 154 valence electrons. The number of anilines is 2. The van der Waals surface area contributed by atoms with Crippen LogP contribution in [0.15, 0.2) is 84.1 Å². The van der Waals surface area contributed by atoms with Crippen LogP contribution in [0.25, 0.3) is 10.9 Å². The predicted molar refractivity (Wildman–Crippen MR) is 122 cm³/mol. The normalized spacial score (nSPS) is 16.1. The van der Waals surface area contributed by atoms with Gasteiger partial charge in [-0.05, 0) is 54.6 Å². The van der Waals surface area contributed by atoms with Gasteiger partial charge in [0.1, 0.15) is 5.82 Å². The first-order valence-corrected chi connectivity index (χ1v) is 10.2. The van der Waals surface area contributed by atoms with Crippen LogP contribution in [0.3, 0.4) is 0 Å². The first-order valence-electron chi connectivity index (χ1n) is 9.78. The van der Waals surface area contributed by atoms with Crippen molar-refractivity contribution in [2.75, 3.05) is 9.91 Å².